The maximum Gasteiger partial charge on any atom is 0.191 e. The van der Waals surface area contributed by atoms with E-state index in [4.69, 9.17) is 4.74 Å². The maximum absolute atomic E-state index is 14.3. The number of nitrogens with zero attached hydrogens (tertiary/aromatic N) is 3. The molecular weight excluding hydrogens is 344 g/mol. The zero-order valence-electron chi connectivity index (χ0n) is 13.8. The van der Waals surface area contributed by atoms with E-state index in [-0.39, 0.29) is 17.5 Å². The average Bonchev–Trinajstić information content (AvgIpc) is 3.06. The number of benzene rings is 2. The Hall–Kier alpha value is -2.41. The van der Waals surface area contributed by atoms with Crippen molar-refractivity contribution in [3.05, 3.63) is 66.0 Å². The Kier molecular flexibility index (Phi) is 5.33. The smallest absolute Gasteiger partial charge is 0.191 e. The number of thioether (sulfide) groups is 1. The summed E-state index contributed by atoms with van der Waals surface area (Å²) in [6.45, 7) is 4.09. The van der Waals surface area contributed by atoms with Crippen LogP contribution in [0, 0.1) is 11.6 Å². The van der Waals surface area contributed by atoms with E-state index in [1.165, 1.54) is 36.0 Å². The molecule has 1 aromatic heterocycles. The van der Waals surface area contributed by atoms with E-state index in [1.807, 2.05) is 18.4 Å². The minimum absolute atomic E-state index is 0.00596. The van der Waals surface area contributed by atoms with Gasteiger partial charge in [-0.2, -0.15) is 0 Å². The molecule has 0 aliphatic heterocycles. The molecule has 0 aliphatic rings. The van der Waals surface area contributed by atoms with Gasteiger partial charge in [0.2, 0.25) is 0 Å². The highest BCUT2D eigenvalue weighted by Gasteiger charge is 2.11. The molecule has 0 radical (unpaired) electrons. The van der Waals surface area contributed by atoms with E-state index in [0.717, 1.165) is 10.7 Å². The first-order valence-electron chi connectivity index (χ1n) is 7.77. The van der Waals surface area contributed by atoms with Crippen LogP contribution in [-0.4, -0.2) is 14.8 Å². The summed E-state index contributed by atoms with van der Waals surface area (Å²) in [5.74, 6) is -0.540. The van der Waals surface area contributed by atoms with Crippen molar-refractivity contribution < 1.29 is 13.5 Å². The number of halogens is 2. The van der Waals surface area contributed by atoms with Crippen molar-refractivity contribution in [1.29, 1.82) is 0 Å². The van der Waals surface area contributed by atoms with Gasteiger partial charge in [0.1, 0.15) is 6.33 Å². The third kappa shape index (κ3) is 4.17. The van der Waals surface area contributed by atoms with Crippen LogP contribution in [-0.2, 0) is 5.75 Å². The highest BCUT2D eigenvalue weighted by Crippen LogP contribution is 2.29. The van der Waals surface area contributed by atoms with Crippen LogP contribution in [0.2, 0.25) is 0 Å². The Balaban J connectivity index is 1.69. The van der Waals surface area contributed by atoms with E-state index >= 15 is 0 Å². The van der Waals surface area contributed by atoms with Gasteiger partial charge < -0.3 is 9.30 Å². The van der Waals surface area contributed by atoms with Gasteiger partial charge in [0.15, 0.2) is 28.3 Å². The lowest BCUT2D eigenvalue weighted by Gasteiger charge is -2.10. The average molecular weight is 361 g/mol. The van der Waals surface area contributed by atoms with E-state index in [2.05, 4.69) is 10.2 Å². The zero-order valence-corrected chi connectivity index (χ0v) is 14.6. The number of hydrogen-bond donors (Lipinski definition) is 0. The number of hydrogen-bond acceptors (Lipinski definition) is 4. The topological polar surface area (TPSA) is 39.9 Å². The Labute approximate surface area is 148 Å². The predicted molar refractivity (Wildman–Crippen MR) is 92.8 cm³/mol. The van der Waals surface area contributed by atoms with Gasteiger partial charge >= 0.3 is 0 Å². The van der Waals surface area contributed by atoms with Gasteiger partial charge in [0, 0.05) is 11.8 Å². The summed E-state index contributed by atoms with van der Waals surface area (Å²) < 4.78 is 35.1. The van der Waals surface area contributed by atoms with Crippen molar-refractivity contribution in [2.24, 2.45) is 0 Å². The second-order valence-corrected chi connectivity index (χ2v) is 6.64. The second kappa shape index (κ2) is 7.65. The van der Waals surface area contributed by atoms with Crippen LogP contribution in [0.15, 0.2) is 53.9 Å². The molecule has 0 saturated heterocycles. The SMILES string of the molecule is CC(C)n1cnnc1SCc1ccc(Oc2ccccc2F)c(F)c1. The second-order valence-electron chi connectivity index (χ2n) is 5.70. The summed E-state index contributed by atoms with van der Waals surface area (Å²) in [5.41, 5.74) is 0.779. The molecule has 0 bridgehead atoms. The molecule has 0 aliphatic carbocycles. The van der Waals surface area contributed by atoms with Crippen molar-refractivity contribution in [2.75, 3.05) is 0 Å². The summed E-state index contributed by atoms with van der Waals surface area (Å²) in [7, 11) is 0. The number of rotatable bonds is 6. The van der Waals surface area contributed by atoms with Crippen LogP contribution in [0.25, 0.3) is 0 Å². The van der Waals surface area contributed by atoms with Gasteiger partial charge in [-0.15, -0.1) is 10.2 Å². The molecule has 0 atom stereocenters. The number of ether oxygens (including phenoxy) is 1. The van der Waals surface area contributed by atoms with Crippen molar-refractivity contribution in [3.63, 3.8) is 0 Å². The molecule has 0 saturated carbocycles. The molecule has 7 heteroatoms. The quantitative estimate of drug-likeness (QED) is 0.564. The van der Waals surface area contributed by atoms with Gasteiger partial charge in [-0.1, -0.05) is 30.0 Å². The fourth-order valence-corrected chi connectivity index (χ4v) is 3.19. The number of para-hydroxylation sites is 1. The van der Waals surface area contributed by atoms with Crippen molar-refractivity contribution >= 4 is 11.8 Å². The van der Waals surface area contributed by atoms with Crippen LogP contribution >= 0.6 is 11.8 Å². The van der Waals surface area contributed by atoms with Crippen LogP contribution in [0.5, 0.6) is 11.5 Å². The van der Waals surface area contributed by atoms with Crippen molar-refractivity contribution in [2.45, 2.75) is 30.8 Å². The number of aromatic nitrogens is 3. The van der Waals surface area contributed by atoms with Crippen LogP contribution in [0.3, 0.4) is 0 Å². The highest BCUT2D eigenvalue weighted by atomic mass is 32.2. The standard InChI is InChI=1S/C18H17F2N3OS/c1-12(2)23-11-21-22-18(23)25-10-13-7-8-17(15(20)9-13)24-16-6-4-3-5-14(16)19/h3-9,11-12H,10H2,1-2H3. The molecule has 0 spiro atoms. The zero-order chi connectivity index (χ0) is 17.8. The lowest BCUT2D eigenvalue weighted by molar-refractivity contribution is 0.414. The molecule has 25 heavy (non-hydrogen) atoms. The minimum Gasteiger partial charge on any atom is -0.451 e. The molecule has 3 aromatic rings. The molecule has 0 N–H and O–H groups in total. The van der Waals surface area contributed by atoms with E-state index in [9.17, 15) is 8.78 Å². The monoisotopic (exact) mass is 361 g/mol. The largest absolute Gasteiger partial charge is 0.451 e. The first kappa shape index (κ1) is 17.4. The van der Waals surface area contributed by atoms with E-state index < -0.39 is 11.6 Å². The highest BCUT2D eigenvalue weighted by molar-refractivity contribution is 7.98. The minimum atomic E-state index is -0.535. The Morgan fingerprint density at radius 3 is 2.56 bits per heavy atom. The van der Waals surface area contributed by atoms with Gasteiger partial charge in [-0.25, -0.2) is 8.78 Å². The molecule has 4 nitrogen and oxygen atoms in total. The molecule has 2 aromatic carbocycles. The van der Waals surface area contributed by atoms with Gasteiger partial charge in [-0.05, 0) is 43.7 Å². The van der Waals surface area contributed by atoms with Crippen LogP contribution in [0.4, 0.5) is 8.78 Å². The summed E-state index contributed by atoms with van der Waals surface area (Å²) in [6, 6.07) is 10.8. The van der Waals surface area contributed by atoms with Gasteiger partial charge in [-0.3, -0.25) is 0 Å². The summed E-state index contributed by atoms with van der Waals surface area (Å²) in [5, 5.41) is 8.76. The van der Waals surface area contributed by atoms with E-state index in [1.54, 1.807) is 24.5 Å². The molecule has 0 unspecified atom stereocenters. The Morgan fingerprint density at radius 1 is 1.08 bits per heavy atom. The molecule has 3 rings (SSSR count). The fraction of sp³-hybridized carbons (Fsp3) is 0.222. The predicted octanol–water partition coefficient (Wildman–Crippen LogP) is 5.22. The van der Waals surface area contributed by atoms with Crippen molar-refractivity contribution in [1.82, 2.24) is 14.8 Å². The molecular formula is C18H17F2N3OS. The Bertz CT molecular complexity index is 867. The van der Waals surface area contributed by atoms with Crippen LogP contribution in [0.1, 0.15) is 25.5 Å². The van der Waals surface area contributed by atoms with Gasteiger partial charge in [0.05, 0.1) is 0 Å². The molecule has 0 fully saturated rings. The molecule has 130 valence electrons. The summed E-state index contributed by atoms with van der Waals surface area (Å²) >= 11 is 1.48. The van der Waals surface area contributed by atoms with Crippen molar-refractivity contribution in [3.8, 4) is 11.5 Å². The lowest BCUT2D eigenvalue weighted by Crippen LogP contribution is -2.01. The third-order valence-corrected chi connectivity index (χ3v) is 4.55. The maximum atomic E-state index is 14.3. The lowest BCUT2D eigenvalue weighted by atomic mass is 10.2. The first-order chi connectivity index (χ1) is 12.0. The van der Waals surface area contributed by atoms with E-state index in [0.29, 0.717) is 5.75 Å². The normalized spacial score (nSPS) is 11.1. The van der Waals surface area contributed by atoms with Gasteiger partial charge in [0.25, 0.3) is 0 Å². The van der Waals surface area contributed by atoms with Crippen LogP contribution < -0.4 is 4.74 Å². The summed E-state index contributed by atoms with van der Waals surface area (Å²) in [4.78, 5) is 0. The third-order valence-electron chi connectivity index (χ3n) is 3.52. The molecule has 0 amide bonds. The molecule has 1 heterocycles. The summed E-state index contributed by atoms with van der Waals surface area (Å²) in [6.07, 6.45) is 1.68. The first-order valence-corrected chi connectivity index (χ1v) is 8.76. The fourth-order valence-electron chi connectivity index (χ4n) is 2.20. The Morgan fingerprint density at radius 2 is 1.84 bits per heavy atom.